The summed E-state index contributed by atoms with van der Waals surface area (Å²) in [5.41, 5.74) is 9.84. The number of benzene rings is 2. The molecule has 1 unspecified atom stereocenters. The van der Waals surface area contributed by atoms with Crippen LogP contribution >= 0.6 is 0 Å². The number of halogens is 1. The molecular weight excluding hydrogens is 523 g/mol. The summed E-state index contributed by atoms with van der Waals surface area (Å²) in [6.07, 6.45) is 7.35. The highest BCUT2D eigenvalue weighted by Crippen LogP contribution is 2.34. The highest BCUT2D eigenvalue weighted by molar-refractivity contribution is 5.93. The number of imidazole rings is 1. The molecule has 0 fully saturated rings. The van der Waals surface area contributed by atoms with E-state index >= 15 is 4.39 Å². The molecule has 1 amide bonds. The van der Waals surface area contributed by atoms with Crippen LogP contribution in [0.4, 0.5) is 15.9 Å². The van der Waals surface area contributed by atoms with Crippen LogP contribution in [0.5, 0.6) is 5.75 Å². The minimum atomic E-state index is -0.613. The van der Waals surface area contributed by atoms with Crippen LogP contribution in [0.1, 0.15) is 43.8 Å². The first-order valence-corrected chi connectivity index (χ1v) is 13.3. The first-order valence-electron chi connectivity index (χ1n) is 13.3. The number of rotatable bonds is 8. The van der Waals surface area contributed by atoms with E-state index in [1.165, 1.54) is 11.8 Å². The lowest BCUT2D eigenvalue weighted by atomic mass is 9.99. The lowest BCUT2D eigenvalue weighted by Gasteiger charge is -2.22. The number of nitrogens with two attached hydrogens (primary N) is 1. The largest absolute Gasteiger partial charge is 0.491 e. The predicted molar refractivity (Wildman–Crippen MR) is 159 cm³/mol. The van der Waals surface area contributed by atoms with E-state index in [1.54, 1.807) is 45.1 Å². The molecule has 214 valence electrons. The second kappa shape index (κ2) is 13.0. The molecule has 5 aromatic rings. The van der Waals surface area contributed by atoms with Gasteiger partial charge in [-0.25, -0.2) is 14.4 Å². The Morgan fingerprint density at radius 1 is 1.17 bits per heavy atom. The monoisotopic (exact) mass is 558 g/mol. The van der Waals surface area contributed by atoms with E-state index < -0.39 is 11.9 Å². The van der Waals surface area contributed by atoms with Gasteiger partial charge in [0.15, 0.2) is 11.6 Å². The van der Waals surface area contributed by atoms with E-state index in [0.717, 1.165) is 39.7 Å². The molecule has 0 spiro atoms. The number of aromatic amines is 1. The standard InChI is InChI=1S/C27H26FN5O2.C4H9NO/c1-3-16-11-21(24(28)23(12-16)35-4-2)25(27-31-14-22(33-27)18-8-10-34-15-18)32-19-5-6-20-17(13-19)7-9-30-26(20)29;1-4(6)5(2)3/h5-15,25,32H,3-4H2,1-2H3,(H2,29,30)(H,31,33);1-3H3. The Balaban J connectivity index is 0.000000585. The molecule has 5 rings (SSSR count). The quantitative estimate of drug-likeness (QED) is 0.207. The zero-order valence-electron chi connectivity index (χ0n) is 23.9. The Labute approximate surface area is 238 Å². The number of aryl methyl sites for hydroxylation is 1. The maximum Gasteiger partial charge on any atom is 0.218 e. The zero-order valence-corrected chi connectivity index (χ0v) is 23.9. The van der Waals surface area contributed by atoms with Gasteiger partial charge in [0.1, 0.15) is 17.7 Å². The molecule has 9 nitrogen and oxygen atoms in total. The Morgan fingerprint density at radius 3 is 2.61 bits per heavy atom. The van der Waals surface area contributed by atoms with Gasteiger partial charge in [0, 0.05) is 49.4 Å². The van der Waals surface area contributed by atoms with Crippen molar-refractivity contribution in [2.75, 3.05) is 31.8 Å². The lowest BCUT2D eigenvalue weighted by Crippen LogP contribution is -2.17. The van der Waals surface area contributed by atoms with Crippen molar-refractivity contribution in [1.82, 2.24) is 19.9 Å². The normalized spacial score (nSPS) is 11.5. The van der Waals surface area contributed by atoms with Crippen LogP contribution in [0.25, 0.3) is 22.0 Å². The van der Waals surface area contributed by atoms with Crippen LogP contribution in [0.15, 0.2) is 71.8 Å². The summed E-state index contributed by atoms with van der Waals surface area (Å²) in [4.78, 5) is 23.7. The summed E-state index contributed by atoms with van der Waals surface area (Å²) < 4.78 is 26.6. The van der Waals surface area contributed by atoms with Crippen molar-refractivity contribution in [1.29, 1.82) is 0 Å². The Hall–Kier alpha value is -4.86. The van der Waals surface area contributed by atoms with E-state index in [2.05, 4.69) is 20.3 Å². The number of hydrogen-bond acceptors (Lipinski definition) is 7. The van der Waals surface area contributed by atoms with Crippen LogP contribution < -0.4 is 15.8 Å². The smallest absolute Gasteiger partial charge is 0.218 e. The van der Waals surface area contributed by atoms with Crippen molar-refractivity contribution < 1.29 is 18.3 Å². The number of H-pyrrole nitrogens is 1. The first-order chi connectivity index (χ1) is 19.7. The number of nitrogens with one attached hydrogen (secondary N) is 2. The molecule has 1 atom stereocenters. The number of furan rings is 1. The predicted octanol–water partition coefficient (Wildman–Crippen LogP) is 6.20. The molecule has 41 heavy (non-hydrogen) atoms. The van der Waals surface area contributed by atoms with Gasteiger partial charge in [-0.2, -0.15) is 0 Å². The fraction of sp³-hybridized carbons (Fsp3) is 0.258. The number of anilines is 2. The minimum absolute atomic E-state index is 0.0926. The van der Waals surface area contributed by atoms with Crippen molar-refractivity contribution >= 4 is 28.2 Å². The molecule has 0 saturated carbocycles. The third kappa shape index (κ3) is 6.84. The van der Waals surface area contributed by atoms with Gasteiger partial charge < -0.3 is 30.1 Å². The number of amides is 1. The van der Waals surface area contributed by atoms with Gasteiger partial charge in [-0.3, -0.25) is 4.79 Å². The zero-order chi connectivity index (χ0) is 29.5. The molecule has 2 aromatic carbocycles. The number of aromatic nitrogens is 3. The Morgan fingerprint density at radius 2 is 1.95 bits per heavy atom. The van der Waals surface area contributed by atoms with Crippen molar-refractivity contribution in [2.24, 2.45) is 0 Å². The van der Waals surface area contributed by atoms with Crippen molar-refractivity contribution in [3.8, 4) is 17.0 Å². The van der Waals surface area contributed by atoms with Crippen LogP contribution in [-0.4, -0.2) is 46.5 Å². The Kier molecular flexibility index (Phi) is 9.23. The van der Waals surface area contributed by atoms with E-state index in [4.69, 9.17) is 14.9 Å². The molecule has 0 aliphatic heterocycles. The van der Waals surface area contributed by atoms with E-state index in [1.807, 2.05) is 50.2 Å². The fourth-order valence-electron chi connectivity index (χ4n) is 4.15. The number of carbonyl (C=O) groups is 1. The number of fused-ring (bicyclic) bond motifs is 1. The molecule has 10 heteroatoms. The maximum atomic E-state index is 15.8. The molecule has 4 N–H and O–H groups in total. The first kappa shape index (κ1) is 29.1. The number of nitrogens with zero attached hydrogens (tertiary/aromatic N) is 3. The highest BCUT2D eigenvalue weighted by Gasteiger charge is 2.25. The average molecular weight is 559 g/mol. The molecule has 0 aliphatic carbocycles. The molecular formula is C31H35FN6O3. The van der Waals surface area contributed by atoms with Gasteiger partial charge in [0.05, 0.1) is 31.0 Å². The van der Waals surface area contributed by atoms with Gasteiger partial charge in [-0.05, 0) is 60.7 Å². The second-order valence-corrected chi connectivity index (χ2v) is 9.60. The molecule has 0 aliphatic rings. The number of nitrogen functional groups attached to an aromatic ring is 1. The molecule has 3 aromatic heterocycles. The van der Waals surface area contributed by atoms with Gasteiger partial charge in [0.2, 0.25) is 5.91 Å². The summed E-state index contributed by atoms with van der Waals surface area (Å²) in [6, 6.07) is 12.5. The molecule has 0 bridgehead atoms. The van der Waals surface area contributed by atoms with Crippen LogP contribution in [0.3, 0.4) is 0 Å². The van der Waals surface area contributed by atoms with Gasteiger partial charge in [0.25, 0.3) is 0 Å². The molecule has 0 saturated heterocycles. The number of hydrogen-bond donors (Lipinski definition) is 3. The van der Waals surface area contributed by atoms with Crippen LogP contribution in [0.2, 0.25) is 0 Å². The summed E-state index contributed by atoms with van der Waals surface area (Å²) in [5.74, 6) is 0.925. The van der Waals surface area contributed by atoms with Crippen molar-refractivity contribution in [3.05, 3.63) is 90.2 Å². The van der Waals surface area contributed by atoms with Crippen LogP contribution in [0, 0.1) is 5.82 Å². The van der Waals surface area contributed by atoms with E-state index in [0.29, 0.717) is 23.8 Å². The number of carbonyl (C=O) groups excluding carboxylic acids is 1. The van der Waals surface area contributed by atoms with E-state index in [9.17, 15) is 4.79 Å². The van der Waals surface area contributed by atoms with Gasteiger partial charge in [-0.15, -0.1) is 0 Å². The lowest BCUT2D eigenvalue weighted by molar-refractivity contribution is -0.126. The fourth-order valence-corrected chi connectivity index (χ4v) is 4.15. The SMILES string of the molecule is CC(=O)N(C)C.CCOc1cc(CC)cc(C(Nc2ccc3c(N)nccc3c2)c2ncc(-c3ccoc3)[nH]2)c1F. The van der Waals surface area contributed by atoms with Crippen molar-refractivity contribution in [3.63, 3.8) is 0 Å². The van der Waals surface area contributed by atoms with Gasteiger partial charge >= 0.3 is 0 Å². The maximum absolute atomic E-state index is 15.8. The molecule has 0 radical (unpaired) electrons. The Bertz CT molecular complexity index is 1610. The molecule has 3 heterocycles. The number of ether oxygens (including phenoxy) is 1. The third-order valence-electron chi connectivity index (χ3n) is 6.58. The second-order valence-electron chi connectivity index (χ2n) is 9.60. The third-order valence-corrected chi connectivity index (χ3v) is 6.58. The summed E-state index contributed by atoms with van der Waals surface area (Å²) >= 11 is 0. The van der Waals surface area contributed by atoms with Crippen LogP contribution in [-0.2, 0) is 11.2 Å². The highest BCUT2D eigenvalue weighted by atomic mass is 19.1. The minimum Gasteiger partial charge on any atom is -0.491 e. The number of pyridine rings is 1. The summed E-state index contributed by atoms with van der Waals surface area (Å²) in [7, 11) is 3.45. The van der Waals surface area contributed by atoms with E-state index in [-0.39, 0.29) is 11.7 Å². The topological polar surface area (TPSA) is 122 Å². The average Bonchev–Trinajstić information content (AvgIpc) is 3.66. The van der Waals surface area contributed by atoms with Gasteiger partial charge in [-0.1, -0.05) is 13.0 Å². The summed E-state index contributed by atoms with van der Waals surface area (Å²) in [6.45, 7) is 5.76. The van der Waals surface area contributed by atoms with Crippen molar-refractivity contribution in [2.45, 2.75) is 33.2 Å². The summed E-state index contributed by atoms with van der Waals surface area (Å²) in [5, 5.41) is 5.25.